The molecule has 0 unspecified atom stereocenters. The predicted octanol–water partition coefficient (Wildman–Crippen LogP) is 0.575. The van der Waals surface area contributed by atoms with Crippen molar-refractivity contribution in [1.82, 2.24) is 5.32 Å². The number of methoxy groups -OCH3 is 1. The summed E-state index contributed by atoms with van der Waals surface area (Å²) in [6, 6.07) is 0. The molecule has 1 amide bonds. The van der Waals surface area contributed by atoms with Crippen molar-refractivity contribution >= 4 is 11.9 Å². The van der Waals surface area contributed by atoms with Crippen molar-refractivity contribution in [2.24, 2.45) is 11.1 Å². The molecule has 0 aromatic heterocycles. The molecule has 0 heterocycles. The summed E-state index contributed by atoms with van der Waals surface area (Å²) in [5.41, 5.74) is 5.34. The molecule has 1 saturated carbocycles. The molecule has 1 aliphatic rings. The summed E-state index contributed by atoms with van der Waals surface area (Å²) in [5, 5.41) is 2.79. The van der Waals surface area contributed by atoms with Crippen molar-refractivity contribution in [3.05, 3.63) is 0 Å². The first-order chi connectivity index (χ1) is 8.14. The van der Waals surface area contributed by atoms with E-state index in [9.17, 15) is 9.59 Å². The highest BCUT2D eigenvalue weighted by molar-refractivity contribution is 5.83. The monoisotopic (exact) mass is 242 g/mol. The highest BCUT2D eigenvalue weighted by Gasteiger charge is 2.37. The van der Waals surface area contributed by atoms with Crippen LogP contribution in [0, 0.1) is 5.41 Å². The number of esters is 1. The lowest BCUT2D eigenvalue weighted by Crippen LogP contribution is -2.47. The van der Waals surface area contributed by atoms with Crippen molar-refractivity contribution in [2.45, 2.75) is 38.5 Å². The predicted molar refractivity (Wildman–Crippen MR) is 64.2 cm³/mol. The SMILES string of the molecule is COC(=O)CCNC(=O)C1(CN)CCCCC1. The summed E-state index contributed by atoms with van der Waals surface area (Å²) >= 11 is 0. The Hall–Kier alpha value is -1.10. The van der Waals surface area contributed by atoms with Gasteiger partial charge in [-0.05, 0) is 12.8 Å². The minimum absolute atomic E-state index is 0.0106. The number of hydrogen-bond donors (Lipinski definition) is 2. The highest BCUT2D eigenvalue weighted by Crippen LogP contribution is 2.35. The topological polar surface area (TPSA) is 81.4 Å². The molecule has 0 aromatic rings. The Morgan fingerprint density at radius 2 is 1.94 bits per heavy atom. The van der Waals surface area contributed by atoms with Crippen molar-refractivity contribution in [3.8, 4) is 0 Å². The lowest BCUT2D eigenvalue weighted by Gasteiger charge is -2.34. The average Bonchev–Trinajstić information content (AvgIpc) is 2.39. The van der Waals surface area contributed by atoms with E-state index in [4.69, 9.17) is 5.73 Å². The van der Waals surface area contributed by atoms with E-state index in [1.165, 1.54) is 13.5 Å². The molecule has 17 heavy (non-hydrogen) atoms. The number of amides is 1. The third-order valence-corrected chi connectivity index (χ3v) is 3.53. The molecule has 1 aliphatic carbocycles. The molecule has 0 radical (unpaired) electrons. The Kier molecular flexibility index (Phi) is 5.41. The fourth-order valence-electron chi connectivity index (χ4n) is 2.32. The number of nitrogens with two attached hydrogens (primary N) is 1. The van der Waals surface area contributed by atoms with E-state index in [-0.39, 0.29) is 18.3 Å². The summed E-state index contributed by atoms with van der Waals surface area (Å²) in [5.74, 6) is -0.320. The maximum atomic E-state index is 12.1. The number of rotatable bonds is 5. The third kappa shape index (κ3) is 3.70. The van der Waals surface area contributed by atoms with Gasteiger partial charge in [0.1, 0.15) is 0 Å². The van der Waals surface area contributed by atoms with Gasteiger partial charge in [0.2, 0.25) is 5.91 Å². The minimum Gasteiger partial charge on any atom is -0.469 e. The zero-order chi connectivity index (χ0) is 12.7. The van der Waals surface area contributed by atoms with Crippen LogP contribution in [0.1, 0.15) is 38.5 Å². The van der Waals surface area contributed by atoms with E-state index in [2.05, 4.69) is 10.1 Å². The molecule has 0 saturated heterocycles. The second-order valence-electron chi connectivity index (χ2n) is 4.63. The van der Waals surface area contributed by atoms with E-state index < -0.39 is 5.41 Å². The van der Waals surface area contributed by atoms with Gasteiger partial charge < -0.3 is 15.8 Å². The van der Waals surface area contributed by atoms with Crippen molar-refractivity contribution in [1.29, 1.82) is 0 Å². The molecule has 3 N–H and O–H groups in total. The van der Waals surface area contributed by atoms with Crippen molar-refractivity contribution in [2.75, 3.05) is 20.2 Å². The number of nitrogens with one attached hydrogen (secondary N) is 1. The molecule has 0 aliphatic heterocycles. The summed E-state index contributed by atoms with van der Waals surface area (Å²) < 4.78 is 4.51. The van der Waals surface area contributed by atoms with Crippen molar-refractivity contribution < 1.29 is 14.3 Å². The molecule has 1 rings (SSSR count). The Bertz CT molecular complexity index is 273. The van der Waals surface area contributed by atoms with Gasteiger partial charge in [-0.3, -0.25) is 9.59 Å². The van der Waals surface area contributed by atoms with Gasteiger partial charge in [0, 0.05) is 13.1 Å². The Morgan fingerprint density at radius 3 is 2.47 bits per heavy atom. The molecule has 5 nitrogen and oxygen atoms in total. The van der Waals surface area contributed by atoms with Gasteiger partial charge >= 0.3 is 5.97 Å². The maximum Gasteiger partial charge on any atom is 0.307 e. The third-order valence-electron chi connectivity index (χ3n) is 3.53. The quantitative estimate of drug-likeness (QED) is 0.691. The van der Waals surface area contributed by atoms with E-state index in [0.29, 0.717) is 13.1 Å². The zero-order valence-corrected chi connectivity index (χ0v) is 10.5. The van der Waals surface area contributed by atoms with Gasteiger partial charge in [-0.1, -0.05) is 19.3 Å². The van der Waals surface area contributed by atoms with Gasteiger partial charge in [0.05, 0.1) is 18.9 Å². The van der Waals surface area contributed by atoms with Crippen LogP contribution >= 0.6 is 0 Å². The van der Waals surface area contributed by atoms with E-state index in [1.54, 1.807) is 0 Å². The second-order valence-corrected chi connectivity index (χ2v) is 4.63. The van der Waals surface area contributed by atoms with Gasteiger partial charge in [-0.2, -0.15) is 0 Å². The van der Waals surface area contributed by atoms with E-state index >= 15 is 0 Å². The summed E-state index contributed by atoms with van der Waals surface area (Å²) in [6.45, 7) is 0.713. The molecule has 0 atom stereocenters. The van der Waals surface area contributed by atoms with Crippen LogP contribution in [0.5, 0.6) is 0 Å². The van der Waals surface area contributed by atoms with Gasteiger partial charge in [0.25, 0.3) is 0 Å². The first kappa shape index (κ1) is 14.0. The molecular formula is C12H22N2O3. The molecule has 98 valence electrons. The van der Waals surface area contributed by atoms with Crippen LogP contribution in [0.4, 0.5) is 0 Å². The number of hydrogen-bond acceptors (Lipinski definition) is 4. The fourth-order valence-corrected chi connectivity index (χ4v) is 2.32. The second kappa shape index (κ2) is 6.59. The lowest BCUT2D eigenvalue weighted by molar-refractivity contribution is -0.140. The first-order valence-electron chi connectivity index (χ1n) is 6.20. The number of carbonyl (C=O) groups excluding carboxylic acids is 2. The van der Waals surface area contributed by atoms with E-state index in [0.717, 1.165) is 25.7 Å². The summed E-state index contributed by atoms with van der Waals surface area (Å²) in [4.78, 5) is 23.0. The minimum atomic E-state index is -0.408. The fraction of sp³-hybridized carbons (Fsp3) is 0.833. The molecular weight excluding hydrogens is 220 g/mol. The molecule has 0 bridgehead atoms. The van der Waals surface area contributed by atoms with Gasteiger partial charge in [0.15, 0.2) is 0 Å². The van der Waals surface area contributed by atoms with Crippen LogP contribution in [-0.2, 0) is 14.3 Å². The van der Waals surface area contributed by atoms with Crippen LogP contribution in [-0.4, -0.2) is 32.1 Å². The zero-order valence-electron chi connectivity index (χ0n) is 10.5. The largest absolute Gasteiger partial charge is 0.469 e. The number of carbonyl (C=O) groups is 2. The van der Waals surface area contributed by atoms with Crippen LogP contribution in [0.25, 0.3) is 0 Å². The molecule has 0 spiro atoms. The van der Waals surface area contributed by atoms with Gasteiger partial charge in [-0.15, -0.1) is 0 Å². The van der Waals surface area contributed by atoms with Gasteiger partial charge in [-0.25, -0.2) is 0 Å². The first-order valence-corrected chi connectivity index (χ1v) is 6.20. The van der Waals surface area contributed by atoms with Crippen molar-refractivity contribution in [3.63, 3.8) is 0 Å². The smallest absolute Gasteiger partial charge is 0.307 e. The molecule has 1 fully saturated rings. The lowest BCUT2D eigenvalue weighted by atomic mass is 9.73. The van der Waals surface area contributed by atoms with Crippen LogP contribution in [0.2, 0.25) is 0 Å². The Balaban J connectivity index is 2.41. The summed E-state index contributed by atoms with van der Waals surface area (Å²) in [7, 11) is 1.34. The Labute approximate surface area is 102 Å². The van der Waals surface area contributed by atoms with Crippen LogP contribution < -0.4 is 11.1 Å². The Morgan fingerprint density at radius 1 is 1.29 bits per heavy atom. The standard InChI is InChI=1S/C12H22N2O3/c1-17-10(15)5-8-14-11(16)12(9-13)6-3-2-4-7-12/h2-9,13H2,1H3,(H,14,16). The van der Waals surface area contributed by atoms with E-state index in [1.807, 2.05) is 0 Å². The number of ether oxygens (including phenoxy) is 1. The molecule has 0 aromatic carbocycles. The normalized spacial score (nSPS) is 18.5. The maximum absolute atomic E-state index is 12.1. The average molecular weight is 242 g/mol. The van der Waals surface area contributed by atoms with Crippen LogP contribution in [0.15, 0.2) is 0 Å². The highest BCUT2D eigenvalue weighted by atomic mass is 16.5. The molecule has 5 heteroatoms. The van der Waals surface area contributed by atoms with Crippen LogP contribution in [0.3, 0.4) is 0 Å². The summed E-state index contributed by atoms with van der Waals surface area (Å²) in [6.07, 6.45) is 5.21.